The summed E-state index contributed by atoms with van der Waals surface area (Å²) in [5.41, 5.74) is 3.76. The number of hydrogen-bond acceptors (Lipinski definition) is 12. The lowest BCUT2D eigenvalue weighted by Crippen LogP contribution is -2.12. The smallest absolute Gasteiger partial charge is 0.343 e. The third-order valence-corrected chi connectivity index (χ3v) is 9.69. The van der Waals surface area contributed by atoms with Gasteiger partial charge in [0.05, 0.1) is 37.6 Å². The number of rotatable bonds is 24. The summed E-state index contributed by atoms with van der Waals surface area (Å²) in [6.07, 6.45) is 9.36. The van der Waals surface area contributed by atoms with Crippen LogP contribution in [0.15, 0.2) is 122 Å². The Morgan fingerprint density at radius 1 is 0.484 bits per heavy atom. The summed E-state index contributed by atoms with van der Waals surface area (Å²) in [6, 6.07) is 28.3. The highest BCUT2D eigenvalue weighted by molar-refractivity contribution is 5.95. The van der Waals surface area contributed by atoms with Crippen LogP contribution in [0.25, 0.3) is 22.3 Å². The molecule has 1 heterocycles. The average Bonchev–Trinajstić information content (AvgIpc) is 3.49. The van der Waals surface area contributed by atoms with Crippen molar-refractivity contribution in [2.45, 2.75) is 51.4 Å². The lowest BCUT2D eigenvalue weighted by molar-refractivity contribution is -0.138. The van der Waals surface area contributed by atoms with Crippen molar-refractivity contribution in [2.24, 2.45) is 7.05 Å². The lowest BCUT2D eigenvalue weighted by Gasteiger charge is -2.10. The minimum absolute atomic E-state index is 0.153. The molecule has 2 N–H and O–H groups in total. The number of aromatic hydroxyl groups is 2. The summed E-state index contributed by atoms with van der Waals surface area (Å²) in [4.78, 5) is 48.6. The third-order valence-electron chi connectivity index (χ3n) is 9.69. The van der Waals surface area contributed by atoms with Crippen LogP contribution in [0, 0.1) is 0 Å². The van der Waals surface area contributed by atoms with Crippen LogP contribution in [0.4, 0.5) is 0 Å². The predicted octanol–water partition coefficient (Wildman–Crippen LogP) is 9.55. The molecule has 0 bridgehead atoms. The maximum absolute atomic E-state index is 13.2. The van der Waals surface area contributed by atoms with E-state index in [0.717, 1.165) is 102 Å². The summed E-state index contributed by atoms with van der Waals surface area (Å²) in [6.45, 7) is 8.63. The van der Waals surface area contributed by atoms with Gasteiger partial charge < -0.3 is 38.6 Å². The zero-order chi connectivity index (χ0) is 44.3. The Labute approximate surface area is 360 Å². The third kappa shape index (κ3) is 13.4. The van der Waals surface area contributed by atoms with Crippen molar-refractivity contribution in [1.29, 1.82) is 0 Å². The second kappa shape index (κ2) is 23.5. The predicted molar refractivity (Wildman–Crippen MR) is 233 cm³/mol. The Hall–Kier alpha value is -7.28. The molecule has 5 aromatic rings. The van der Waals surface area contributed by atoms with Gasteiger partial charge in [-0.1, -0.05) is 61.7 Å². The van der Waals surface area contributed by atoms with E-state index in [0.29, 0.717) is 26.4 Å². The van der Waals surface area contributed by atoms with Crippen molar-refractivity contribution in [2.75, 3.05) is 26.4 Å². The molecule has 0 spiro atoms. The molecule has 0 unspecified atom stereocenters. The molecule has 0 saturated carbocycles. The second-order valence-electron chi connectivity index (χ2n) is 14.1. The second-order valence-corrected chi connectivity index (χ2v) is 14.1. The van der Waals surface area contributed by atoms with Gasteiger partial charge in [-0.05, 0) is 122 Å². The molecule has 0 aliphatic rings. The van der Waals surface area contributed by atoms with Gasteiger partial charge in [0, 0.05) is 19.2 Å². The summed E-state index contributed by atoms with van der Waals surface area (Å²) < 4.78 is 33.5. The molecule has 0 amide bonds. The van der Waals surface area contributed by atoms with Crippen molar-refractivity contribution < 1.29 is 57.8 Å². The normalized spacial score (nSPS) is 10.7. The van der Waals surface area contributed by atoms with Gasteiger partial charge in [0.2, 0.25) is 23.3 Å². The largest absolute Gasteiger partial charge is 0.494 e. The number of nitrogens with zero attached hydrogens (tertiary/aromatic N) is 1. The first-order valence-corrected chi connectivity index (χ1v) is 20.4. The summed E-state index contributed by atoms with van der Waals surface area (Å²) in [5.74, 6) is -3.32. The van der Waals surface area contributed by atoms with Gasteiger partial charge >= 0.3 is 23.9 Å². The molecule has 5 rings (SSSR count). The van der Waals surface area contributed by atoms with Crippen LogP contribution in [0.2, 0.25) is 0 Å². The molecule has 13 nitrogen and oxygen atoms in total. The summed E-state index contributed by atoms with van der Waals surface area (Å²) in [7, 11) is 1.32. The first kappa shape index (κ1) is 45.8. The zero-order valence-electron chi connectivity index (χ0n) is 34.7. The van der Waals surface area contributed by atoms with E-state index in [9.17, 15) is 29.4 Å². The monoisotopic (exact) mass is 845 g/mol. The highest BCUT2D eigenvalue weighted by atomic mass is 16.6. The van der Waals surface area contributed by atoms with Crippen LogP contribution in [-0.4, -0.2) is 65.1 Å². The van der Waals surface area contributed by atoms with E-state index in [-0.39, 0.29) is 11.1 Å². The Balaban J connectivity index is 1.09. The van der Waals surface area contributed by atoms with Crippen molar-refractivity contribution in [3.63, 3.8) is 0 Å². The number of unbranched alkanes of at least 4 members (excludes halogenated alkanes) is 6. The van der Waals surface area contributed by atoms with Crippen LogP contribution in [0.5, 0.6) is 34.8 Å². The quantitative estimate of drug-likeness (QED) is 0.0343. The fourth-order valence-corrected chi connectivity index (χ4v) is 6.14. The van der Waals surface area contributed by atoms with Crippen LogP contribution < -0.4 is 18.9 Å². The number of ether oxygens (including phenoxy) is 6. The Bertz CT molecular complexity index is 2120. The minimum atomic E-state index is -0.849. The van der Waals surface area contributed by atoms with Gasteiger partial charge in [-0.25, -0.2) is 19.2 Å². The van der Waals surface area contributed by atoms with Crippen LogP contribution in [-0.2, 0) is 26.1 Å². The lowest BCUT2D eigenvalue weighted by atomic mass is 10.0. The molecule has 0 fully saturated rings. The molecule has 4 aromatic carbocycles. The van der Waals surface area contributed by atoms with E-state index in [1.54, 1.807) is 48.5 Å². The Morgan fingerprint density at radius 2 is 0.790 bits per heavy atom. The molecule has 0 saturated heterocycles. The molecule has 13 heteroatoms. The van der Waals surface area contributed by atoms with E-state index in [4.69, 9.17) is 28.4 Å². The Kier molecular flexibility index (Phi) is 17.4. The highest BCUT2D eigenvalue weighted by Crippen LogP contribution is 2.47. The van der Waals surface area contributed by atoms with Gasteiger partial charge in [0.25, 0.3) is 0 Å². The standard InChI is InChI=1S/C49H51NO12/c1-4-42(51)59-32-12-8-6-10-30-57-40-26-22-36(23-27-40)34-14-18-38(19-15-34)48(55)61-44-45(47(54)50(3)46(44)53)62-49(56)39-20-16-35(17-21-39)37-24-28-41(29-25-37)58-31-11-7-9-13-33-60-43(52)5-2/h4-5,14-29,53-54H,1-2,6-13,30-33H2,3H3. The number of carbonyl (C=O) groups excluding carboxylic acids is 4. The molecule has 0 atom stereocenters. The van der Waals surface area contributed by atoms with E-state index < -0.39 is 47.1 Å². The number of benzene rings is 4. The number of aromatic nitrogens is 1. The molecule has 0 aliphatic carbocycles. The topological polar surface area (TPSA) is 169 Å². The van der Waals surface area contributed by atoms with Gasteiger partial charge in [-0.3, -0.25) is 4.57 Å². The zero-order valence-corrected chi connectivity index (χ0v) is 34.7. The van der Waals surface area contributed by atoms with Gasteiger partial charge in [-0.2, -0.15) is 0 Å². The first-order chi connectivity index (χ1) is 30.1. The molecular formula is C49H51NO12. The van der Waals surface area contributed by atoms with Crippen molar-refractivity contribution >= 4 is 23.9 Å². The Morgan fingerprint density at radius 3 is 1.11 bits per heavy atom. The van der Waals surface area contributed by atoms with Gasteiger partial charge in [-0.15, -0.1) is 0 Å². The number of esters is 4. The van der Waals surface area contributed by atoms with E-state index in [1.807, 2.05) is 48.5 Å². The van der Waals surface area contributed by atoms with Crippen LogP contribution in [0.3, 0.4) is 0 Å². The van der Waals surface area contributed by atoms with Crippen molar-refractivity contribution in [1.82, 2.24) is 4.57 Å². The van der Waals surface area contributed by atoms with E-state index >= 15 is 0 Å². The number of carbonyl (C=O) groups is 4. The highest BCUT2D eigenvalue weighted by Gasteiger charge is 2.29. The molecule has 62 heavy (non-hydrogen) atoms. The van der Waals surface area contributed by atoms with Crippen LogP contribution >= 0.6 is 0 Å². The molecule has 0 aliphatic heterocycles. The molecule has 0 radical (unpaired) electrons. The van der Waals surface area contributed by atoms with Crippen molar-refractivity contribution in [3.05, 3.63) is 133 Å². The van der Waals surface area contributed by atoms with Crippen LogP contribution in [0.1, 0.15) is 72.1 Å². The first-order valence-electron chi connectivity index (χ1n) is 20.4. The van der Waals surface area contributed by atoms with Gasteiger partial charge in [0.15, 0.2) is 0 Å². The van der Waals surface area contributed by atoms with E-state index in [2.05, 4.69) is 13.2 Å². The summed E-state index contributed by atoms with van der Waals surface area (Å²) >= 11 is 0. The maximum Gasteiger partial charge on any atom is 0.343 e. The molecular weight excluding hydrogens is 795 g/mol. The minimum Gasteiger partial charge on any atom is -0.494 e. The van der Waals surface area contributed by atoms with Crippen molar-refractivity contribution in [3.8, 4) is 57.0 Å². The number of hydrogen-bond donors (Lipinski definition) is 2. The van der Waals surface area contributed by atoms with Gasteiger partial charge in [0.1, 0.15) is 11.5 Å². The SMILES string of the molecule is C=CC(=O)OCCCCCCOc1ccc(-c2ccc(C(=O)Oc3c(OC(=O)c4ccc(-c5ccc(OCCCCCCOC(=O)C=C)cc5)cc4)c(O)n(C)c3O)cc2)cc1. The molecule has 324 valence electrons. The van der Waals surface area contributed by atoms with E-state index in [1.165, 1.54) is 7.05 Å². The average molecular weight is 846 g/mol. The summed E-state index contributed by atoms with van der Waals surface area (Å²) in [5, 5.41) is 21.4. The fraction of sp³-hybridized carbons (Fsp3) is 0.265. The fourth-order valence-electron chi connectivity index (χ4n) is 6.14. The maximum atomic E-state index is 13.2. The molecule has 1 aromatic heterocycles.